The van der Waals surface area contributed by atoms with Crippen LogP contribution in [0.25, 0.3) is 0 Å². The van der Waals surface area contributed by atoms with E-state index in [0.717, 1.165) is 0 Å². The highest BCUT2D eigenvalue weighted by molar-refractivity contribution is 9.10. The van der Waals surface area contributed by atoms with Crippen LogP contribution in [0, 0.1) is 12.7 Å². The third kappa shape index (κ3) is 3.10. The van der Waals surface area contributed by atoms with Gasteiger partial charge in [0.15, 0.2) is 0 Å². The summed E-state index contributed by atoms with van der Waals surface area (Å²) in [6.07, 6.45) is 0. The lowest BCUT2D eigenvalue weighted by atomic mass is 10.2. The average molecular weight is 359 g/mol. The van der Waals surface area contributed by atoms with Crippen molar-refractivity contribution in [1.29, 1.82) is 0 Å². The van der Waals surface area contributed by atoms with Crippen LogP contribution < -0.4 is 10.5 Å². The third-order valence-corrected chi connectivity index (χ3v) is 4.63. The minimum Gasteiger partial charge on any atom is -0.398 e. The van der Waals surface area contributed by atoms with Crippen molar-refractivity contribution in [3.05, 3.63) is 52.3 Å². The number of nitrogens with one attached hydrogen (secondary N) is 1. The maximum absolute atomic E-state index is 13.0. The Bertz CT molecular complexity index is 763. The van der Waals surface area contributed by atoms with E-state index >= 15 is 0 Å². The van der Waals surface area contributed by atoms with Gasteiger partial charge in [-0.15, -0.1) is 0 Å². The molecule has 0 heterocycles. The lowest BCUT2D eigenvalue weighted by Gasteiger charge is -2.12. The maximum Gasteiger partial charge on any atom is 0.263 e. The van der Waals surface area contributed by atoms with Gasteiger partial charge in [-0.1, -0.05) is 15.9 Å². The number of rotatable bonds is 3. The molecule has 3 N–H and O–H groups in total. The molecule has 0 spiro atoms. The second kappa shape index (κ2) is 5.41. The summed E-state index contributed by atoms with van der Waals surface area (Å²) in [6, 6.07) is 8.31. The number of nitrogen functional groups attached to an aromatic ring is 1. The Balaban J connectivity index is 2.41. The van der Waals surface area contributed by atoms with E-state index in [2.05, 4.69) is 20.7 Å². The molecule has 7 heteroatoms. The van der Waals surface area contributed by atoms with Gasteiger partial charge in [-0.25, -0.2) is 12.8 Å². The Morgan fingerprint density at radius 1 is 1.20 bits per heavy atom. The molecule has 0 saturated carbocycles. The van der Waals surface area contributed by atoms with Gasteiger partial charge in [-0.2, -0.15) is 0 Å². The number of hydrogen-bond donors (Lipinski definition) is 2. The topological polar surface area (TPSA) is 72.2 Å². The summed E-state index contributed by atoms with van der Waals surface area (Å²) in [5.41, 5.74) is 6.65. The Labute approximate surface area is 125 Å². The molecule has 0 radical (unpaired) electrons. The standard InChI is InChI=1S/C13H12BrFN2O2S/c1-8-6-10(15)3-4-12(8)17-20(18,19)13-5-2-9(14)7-11(13)16/h2-7,17H,16H2,1H3. The van der Waals surface area contributed by atoms with Crippen molar-refractivity contribution in [3.63, 3.8) is 0 Å². The quantitative estimate of drug-likeness (QED) is 0.827. The van der Waals surface area contributed by atoms with E-state index in [1.165, 1.54) is 30.3 Å². The van der Waals surface area contributed by atoms with Crippen LogP contribution >= 0.6 is 15.9 Å². The first-order chi connectivity index (χ1) is 9.29. The molecular weight excluding hydrogens is 347 g/mol. The third-order valence-electron chi connectivity index (χ3n) is 2.69. The fraction of sp³-hybridized carbons (Fsp3) is 0.0769. The molecule has 0 atom stereocenters. The number of nitrogens with two attached hydrogens (primary N) is 1. The van der Waals surface area contributed by atoms with E-state index in [1.807, 2.05) is 0 Å². The number of sulfonamides is 1. The fourth-order valence-electron chi connectivity index (χ4n) is 1.71. The fourth-order valence-corrected chi connectivity index (χ4v) is 3.33. The average Bonchev–Trinajstić information content (AvgIpc) is 2.32. The zero-order valence-electron chi connectivity index (χ0n) is 10.5. The molecule has 0 aromatic heterocycles. The molecule has 0 aliphatic carbocycles. The summed E-state index contributed by atoms with van der Waals surface area (Å²) in [5.74, 6) is -0.423. The van der Waals surface area contributed by atoms with Crippen molar-refractivity contribution >= 4 is 37.3 Å². The van der Waals surface area contributed by atoms with Gasteiger partial charge in [0.2, 0.25) is 0 Å². The summed E-state index contributed by atoms with van der Waals surface area (Å²) < 4.78 is 40.6. The van der Waals surface area contributed by atoms with Crippen LogP contribution in [0.5, 0.6) is 0 Å². The lowest BCUT2D eigenvalue weighted by Crippen LogP contribution is -2.15. The molecule has 0 amide bonds. The zero-order valence-corrected chi connectivity index (χ0v) is 12.9. The second-order valence-electron chi connectivity index (χ2n) is 4.25. The molecule has 2 rings (SSSR count). The van der Waals surface area contributed by atoms with Crippen molar-refractivity contribution in [2.75, 3.05) is 10.5 Å². The van der Waals surface area contributed by atoms with Gasteiger partial charge in [-0.3, -0.25) is 4.72 Å². The molecule has 0 unspecified atom stereocenters. The van der Waals surface area contributed by atoms with Crippen molar-refractivity contribution in [3.8, 4) is 0 Å². The first-order valence-electron chi connectivity index (χ1n) is 5.63. The maximum atomic E-state index is 13.0. The van der Waals surface area contributed by atoms with Crippen LogP contribution in [0.2, 0.25) is 0 Å². The van der Waals surface area contributed by atoms with Crippen molar-refractivity contribution in [1.82, 2.24) is 0 Å². The summed E-state index contributed by atoms with van der Waals surface area (Å²) in [5, 5.41) is 0. The van der Waals surface area contributed by atoms with E-state index < -0.39 is 15.8 Å². The van der Waals surface area contributed by atoms with Crippen molar-refractivity contribution in [2.45, 2.75) is 11.8 Å². The normalized spacial score (nSPS) is 11.3. The molecular formula is C13H12BrFN2O2S. The zero-order chi connectivity index (χ0) is 14.9. The number of aryl methyl sites for hydroxylation is 1. The predicted molar refractivity (Wildman–Crippen MR) is 80.5 cm³/mol. The molecule has 106 valence electrons. The molecule has 2 aromatic rings. The highest BCUT2D eigenvalue weighted by Crippen LogP contribution is 2.26. The van der Waals surface area contributed by atoms with E-state index in [9.17, 15) is 12.8 Å². The summed E-state index contributed by atoms with van der Waals surface area (Å²) in [7, 11) is -3.81. The van der Waals surface area contributed by atoms with Gasteiger partial charge in [0.1, 0.15) is 10.7 Å². The highest BCUT2D eigenvalue weighted by Gasteiger charge is 2.18. The Morgan fingerprint density at radius 2 is 1.90 bits per heavy atom. The molecule has 4 nitrogen and oxygen atoms in total. The first-order valence-corrected chi connectivity index (χ1v) is 7.91. The molecule has 2 aromatic carbocycles. The molecule has 0 bridgehead atoms. The van der Waals surface area contributed by atoms with E-state index in [0.29, 0.717) is 15.7 Å². The van der Waals surface area contributed by atoms with Crippen molar-refractivity contribution < 1.29 is 12.8 Å². The first kappa shape index (κ1) is 14.8. The van der Waals surface area contributed by atoms with Crippen LogP contribution in [-0.4, -0.2) is 8.42 Å². The molecule has 20 heavy (non-hydrogen) atoms. The molecule has 0 fully saturated rings. The van der Waals surface area contributed by atoms with Gasteiger partial charge >= 0.3 is 0 Å². The molecule has 0 saturated heterocycles. The van der Waals surface area contributed by atoms with Gasteiger partial charge in [0, 0.05) is 4.47 Å². The Kier molecular flexibility index (Phi) is 4.01. The van der Waals surface area contributed by atoms with Crippen LogP contribution in [0.3, 0.4) is 0 Å². The Morgan fingerprint density at radius 3 is 2.50 bits per heavy atom. The van der Waals surface area contributed by atoms with Crippen LogP contribution in [0.1, 0.15) is 5.56 Å². The summed E-state index contributed by atoms with van der Waals surface area (Å²) in [4.78, 5) is -0.0237. The second-order valence-corrected chi connectivity index (χ2v) is 6.81. The summed E-state index contributed by atoms with van der Waals surface area (Å²) in [6.45, 7) is 1.62. The van der Waals surface area contributed by atoms with Crippen LogP contribution in [-0.2, 0) is 10.0 Å². The van der Waals surface area contributed by atoms with Crippen LogP contribution in [0.4, 0.5) is 15.8 Å². The Hall–Kier alpha value is -1.60. The van der Waals surface area contributed by atoms with Crippen LogP contribution in [0.15, 0.2) is 45.8 Å². The summed E-state index contributed by atoms with van der Waals surface area (Å²) >= 11 is 3.21. The number of anilines is 2. The smallest absolute Gasteiger partial charge is 0.263 e. The van der Waals surface area contributed by atoms with E-state index in [1.54, 1.807) is 13.0 Å². The number of benzene rings is 2. The predicted octanol–water partition coefficient (Wildman–Crippen LogP) is 3.28. The van der Waals surface area contributed by atoms with E-state index in [-0.39, 0.29) is 10.6 Å². The SMILES string of the molecule is Cc1cc(F)ccc1NS(=O)(=O)c1ccc(Br)cc1N. The highest BCUT2D eigenvalue weighted by atomic mass is 79.9. The minimum atomic E-state index is -3.81. The number of hydrogen-bond acceptors (Lipinski definition) is 3. The van der Waals surface area contributed by atoms with Gasteiger partial charge in [0.25, 0.3) is 10.0 Å². The minimum absolute atomic E-state index is 0.0237. The monoisotopic (exact) mass is 358 g/mol. The van der Waals surface area contributed by atoms with E-state index in [4.69, 9.17) is 5.73 Å². The number of halogens is 2. The molecule has 0 aliphatic heterocycles. The lowest BCUT2D eigenvalue weighted by molar-refractivity contribution is 0.601. The van der Waals surface area contributed by atoms with Crippen molar-refractivity contribution in [2.24, 2.45) is 0 Å². The molecule has 0 aliphatic rings. The van der Waals surface area contributed by atoms with Gasteiger partial charge < -0.3 is 5.73 Å². The largest absolute Gasteiger partial charge is 0.398 e. The van der Waals surface area contributed by atoms with Gasteiger partial charge in [0.05, 0.1) is 11.4 Å². The van der Waals surface area contributed by atoms with Gasteiger partial charge in [-0.05, 0) is 48.9 Å².